The van der Waals surface area contributed by atoms with Crippen LogP contribution < -0.4 is 11.1 Å². The summed E-state index contributed by atoms with van der Waals surface area (Å²) in [6.45, 7) is 4.52. The van der Waals surface area contributed by atoms with Crippen molar-refractivity contribution < 1.29 is 4.79 Å². The van der Waals surface area contributed by atoms with Crippen molar-refractivity contribution in [2.45, 2.75) is 39.2 Å². The van der Waals surface area contributed by atoms with Gasteiger partial charge in [0.2, 0.25) is 0 Å². The van der Waals surface area contributed by atoms with Crippen LogP contribution in [-0.2, 0) is 0 Å². The number of nitrogen functional groups attached to an aromatic ring is 1. The van der Waals surface area contributed by atoms with Crippen molar-refractivity contribution in [2.75, 3.05) is 5.73 Å². The molecule has 0 radical (unpaired) electrons. The predicted molar refractivity (Wildman–Crippen MR) is 82.0 cm³/mol. The van der Waals surface area contributed by atoms with Gasteiger partial charge in [-0.05, 0) is 65.2 Å². The molecule has 104 valence electrons. The molecular weight excluding hydrogens is 304 g/mol. The van der Waals surface area contributed by atoms with E-state index < -0.39 is 0 Å². The summed E-state index contributed by atoms with van der Waals surface area (Å²) in [4.78, 5) is 12.2. The second-order valence-corrected chi connectivity index (χ2v) is 6.68. The normalized spacial score (nSPS) is 27.0. The van der Waals surface area contributed by atoms with Gasteiger partial charge >= 0.3 is 0 Å². The molecule has 0 aliphatic heterocycles. The van der Waals surface area contributed by atoms with Crippen LogP contribution in [0.15, 0.2) is 22.7 Å². The minimum atomic E-state index is -0.00741. The Labute approximate surface area is 123 Å². The van der Waals surface area contributed by atoms with E-state index in [1.54, 1.807) is 18.2 Å². The maximum absolute atomic E-state index is 12.2. The maximum atomic E-state index is 12.2. The molecule has 2 atom stereocenters. The Bertz CT molecular complexity index is 465. The van der Waals surface area contributed by atoms with Crippen LogP contribution in [0.4, 0.5) is 5.69 Å². The number of amides is 1. The van der Waals surface area contributed by atoms with E-state index in [4.69, 9.17) is 5.73 Å². The van der Waals surface area contributed by atoms with Crippen LogP contribution in [0.2, 0.25) is 0 Å². The van der Waals surface area contributed by atoms with Crippen molar-refractivity contribution in [1.29, 1.82) is 0 Å². The molecule has 1 saturated carbocycles. The summed E-state index contributed by atoms with van der Waals surface area (Å²) in [6.07, 6.45) is 3.41. The highest BCUT2D eigenvalue weighted by Gasteiger charge is 2.25. The molecule has 0 saturated heterocycles. The zero-order valence-electron chi connectivity index (χ0n) is 11.4. The summed E-state index contributed by atoms with van der Waals surface area (Å²) in [5.74, 6) is 1.37. The van der Waals surface area contributed by atoms with E-state index >= 15 is 0 Å². The number of rotatable bonds is 2. The number of benzene rings is 1. The highest BCUT2D eigenvalue weighted by molar-refractivity contribution is 9.10. The zero-order valence-corrected chi connectivity index (χ0v) is 13.0. The SMILES string of the molecule is CC1CC(C)CC(NC(=O)c2ccc(N)c(Br)c2)C1. The highest BCUT2D eigenvalue weighted by atomic mass is 79.9. The molecule has 4 heteroatoms. The monoisotopic (exact) mass is 324 g/mol. The third-order valence-electron chi connectivity index (χ3n) is 3.78. The van der Waals surface area contributed by atoms with Crippen LogP contribution in [0, 0.1) is 11.8 Å². The molecule has 2 rings (SSSR count). The number of nitrogens with two attached hydrogens (primary N) is 1. The van der Waals surface area contributed by atoms with Crippen LogP contribution >= 0.6 is 15.9 Å². The van der Waals surface area contributed by atoms with Gasteiger partial charge in [-0.25, -0.2) is 0 Å². The van der Waals surface area contributed by atoms with E-state index in [1.165, 1.54) is 6.42 Å². The number of hydrogen-bond acceptors (Lipinski definition) is 2. The van der Waals surface area contributed by atoms with Crippen molar-refractivity contribution >= 4 is 27.5 Å². The summed E-state index contributed by atoms with van der Waals surface area (Å²) in [7, 11) is 0. The van der Waals surface area contributed by atoms with Crippen molar-refractivity contribution in [2.24, 2.45) is 11.8 Å². The van der Waals surface area contributed by atoms with Crippen molar-refractivity contribution in [1.82, 2.24) is 5.32 Å². The van der Waals surface area contributed by atoms with Gasteiger partial charge in [-0.2, -0.15) is 0 Å². The fourth-order valence-corrected chi connectivity index (χ4v) is 3.38. The summed E-state index contributed by atoms with van der Waals surface area (Å²) in [5, 5.41) is 3.14. The minimum Gasteiger partial charge on any atom is -0.398 e. The second-order valence-electron chi connectivity index (χ2n) is 5.82. The van der Waals surface area contributed by atoms with Crippen LogP contribution in [-0.4, -0.2) is 11.9 Å². The Hall–Kier alpha value is -1.03. The molecule has 0 heterocycles. The molecule has 2 unspecified atom stereocenters. The Balaban J connectivity index is 2.02. The van der Waals surface area contributed by atoms with E-state index in [1.807, 2.05) is 0 Å². The van der Waals surface area contributed by atoms with Gasteiger partial charge in [-0.1, -0.05) is 13.8 Å². The average Bonchev–Trinajstić information content (AvgIpc) is 2.31. The molecule has 1 aliphatic carbocycles. The van der Waals surface area contributed by atoms with Crippen molar-refractivity contribution in [3.8, 4) is 0 Å². The fourth-order valence-electron chi connectivity index (χ4n) is 3.00. The fraction of sp³-hybridized carbons (Fsp3) is 0.533. The minimum absolute atomic E-state index is 0.00741. The standard InChI is InChI=1S/C15H21BrN2O/c1-9-5-10(2)7-12(6-9)18-15(19)11-3-4-14(17)13(16)8-11/h3-4,8-10,12H,5-7,17H2,1-2H3,(H,18,19). The van der Waals surface area contributed by atoms with Gasteiger partial charge in [0.1, 0.15) is 0 Å². The number of halogens is 1. The van der Waals surface area contributed by atoms with Crippen LogP contribution in [0.1, 0.15) is 43.5 Å². The second kappa shape index (κ2) is 5.95. The van der Waals surface area contributed by atoms with Gasteiger partial charge in [0.25, 0.3) is 5.91 Å². The number of carbonyl (C=O) groups excluding carboxylic acids is 1. The quantitative estimate of drug-likeness (QED) is 0.817. The molecule has 1 aliphatic rings. The van der Waals surface area contributed by atoms with Crippen LogP contribution in [0.3, 0.4) is 0 Å². The largest absolute Gasteiger partial charge is 0.398 e. The molecule has 1 fully saturated rings. The van der Waals surface area contributed by atoms with Gasteiger partial charge in [-0.15, -0.1) is 0 Å². The number of nitrogens with one attached hydrogen (secondary N) is 1. The summed E-state index contributed by atoms with van der Waals surface area (Å²) in [6, 6.07) is 5.60. The smallest absolute Gasteiger partial charge is 0.251 e. The van der Waals surface area contributed by atoms with E-state index in [0.29, 0.717) is 29.1 Å². The van der Waals surface area contributed by atoms with Crippen LogP contribution in [0.25, 0.3) is 0 Å². The molecule has 3 nitrogen and oxygen atoms in total. The van der Waals surface area contributed by atoms with Crippen LogP contribution in [0.5, 0.6) is 0 Å². The first-order chi connectivity index (χ1) is 8.95. The predicted octanol–water partition coefficient (Wildman–Crippen LogP) is 3.59. The number of hydrogen-bond donors (Lipinski definition) is 2. The van der Waals surface area contributed by atoms with Gasteiger partial charge in [0, 0.05) is 21.8 Å². The molecule has 3 N–H and O–H groups in total. The molecular formula is C15H21BrN2O. The van der Waals surface area contributed by atoms with Gasteiger partial charge in [0.15, 0.2) is 0 Å². The molecule has 1 aromatic carbocycles. The highest BCUT2D eigenvalue weighted by Crippen LogP contribution is 2.29. The summed E-state index contributed by atoms with van der Waals surface area (Å²) >= 11 is 3.35. The zero-order chi connectivity index (χ0) is 14.0. The Morgan fingerprint density at radius 3 is 2.47 bits per heavy atom. The van der Waals surface area contributed by atoms with Gasteiger partial charge in [0.05, 0.1) is 0 Å². The molecule has 0 bridgehead atoms. The lowest BCUT2D eigenvalue weighted by molar-refractivity contribution is 0.0911. The Morgan fingerprint density at radius 1 is 1.26 bits per heavy atom. The van der Waals surface area contributed by atoms with Crippen molar-refractivity contribution in [3.05, 3.63) is 28.2 Å². The average molecular weight is 325 g/mol. The molecule has 0 spiro atoms. The molecule has 1 aromatic rings. The lowest BCUT2D eigenvalue weighted by Crippen LogP contribution is -2.40. The number of carbonyl (C=O) groups is 1. The lowest BCUT2D eigenvalue weighted by Gasteiger charge is -2.32. The number of anilines is 1. The summed E-state index contributed by atoms with van der Waals surface area (Å²) < 4.78 is 0.769. The molecule has 0 aromatic heterocycles. The first-order valence-electron chi connectivity index (χ1n) is 6.81. The van der Waals surface area contributed by atoms with E-state index in [9.17, 15) is 4.79 Å². The first-order valence-corrected chi connectivity index (χ1v) is 7.61. The van der Waals surface area contributed by atoms with E-state index in [0.717, 1.165) is 17.3 Å². The molecule has 19 heavy (non-hydrogen) atoms. The van der Waals surface area contributed by atoms with E-state index in [-0.39, 0.29) is 5.91 Å². The van der Waals surface area contributed by atoms with Crippen molar-refractivity contribution in [3.63, 3.8) is 0 Å². The van der Waals surface area contributed by atoms with Gasteiger partial charge < -0.3 is 11.1 Å². The summed E-state index contributed by atoms with van der Waals surface area (Å²) in [5.41, 5.74) is 7.04. The lowest BCUT2D eigenvalue weighted by atomic mass is 9.80. The molecule has 1 amide bonds. The Kier molecular flexibility index (Phi) is 4.50. The maximum Gasteiger partial charge on any atom is 0.251 e. The third-order valence-corrected chi connectivity index (χ3v) is 4.46. The topological polar surface area (TPSA) is 55.1 Å². The Morgan fingerprint density at radius 2 is 1.89 bits per heavy atom. The van der Waals surface area contributed by atoms with E-state index in [2.05, 4.69) is 35.1 Å². The third kappa shape index (κ3) is 3.72. The van der Waals surface area contributed by atoms with Gasteiger partial charge in [-0.3, -0.25) is 4.79 Å². The first kappa shape index (κ1) is 14.4.